The summed E-state index contributed by atoms with van der Waals surface area (Å²) in [5.41, 5.74) is 1.28. The molecule has 1 unspecified atom stereocenters. The second-order valence-corrected chi connectivity index (χ2v) is 4.82. The van der Waals surface area contributed by atoms with Crippen molar-refractivity contribution in [2.75, 3.05) is 20.6 Å². The molecule has 0 saturated carbocycles. The first-order chi connectivity index (χ1) is 6.02. The number of likely N-dealkylation sites (N-methyl/N-ethyl adjacent to an activating group) is 1. The van der Waals surface area contributed by atoms with E-state index in [4.69, 9.17) is 0 Å². The predicted molar refractivity (Wildman–Crippen MR) is 58.6 cm³/mol. The van der Waals surface area contributed by atoms with Gasteiger partial charge in [0.25, 0.3) is 0 Å². The Morgan fingerprint density at radius 1 is 1.50 bits per heavy atom. The minimum absolute atomic E-state index is 0. The summed E-state index contributed by atoms with van der Waals surface area (Å²) in [6, 6.07) is 0.699. The number of allylic oxidation sites excluding steroid dienone is 1. The maximum absolute atomic E-state index is 4.00. The topological polar surface area (TPSA) is 0 Å². The molecule has 0 spiro atoms. The molecule has 0 aromatic carbocycles. The number of nitrogens with zero attached hydrogens (tertiary/aromatic N) is 1. The molecule has 0 fully saturated rings. The number of halogens is 1. The van der Waals surface area contributed by atoms with Crippen LogP contribution in [-0.4, -0.2) is 31.2 Å². The fraction of sp³-hybridized carbons (Fsp3) is 0.667. The Bertz CT molecular complexity index is 218. The van der Waals surface area contributed by atoms with Crippen molar-refractivity contribution in [3.8, 4) is 0 Å². The molecule has 1 atom stereocenters. The first-order valence-electron chi connectivity index (χ1n) is 5.16. The Kier molecular flexibility index (Phi) is 5.46. The number of hydrogen-bond acceptors (Lipinski definition) is 0. The lowest BCUT2D eigenvalue weighted by Crippen LogP contribution is -3.00. The SMILES string of the molecule is C=C(C)C[N+](C)(C)C1C=CCCC1.[Cl-]. The summed E-state index contributed by atoms with van der Waals surface area (Å²) in [6.45, 7) is 7.21. The highest BCUT2D eigenvalue weighted by molar-refractivity contribution is 4.96. The second kappa shape index (κ2) is 5.57. The first-order valence-corrected chi connectivity index (χ1v) is 5.16. The molecule has 0 bridgehead atoms. The van der Waals surface area contributed by atoms with Gasteiger partial charge in [-0.1, -0.05) is 12.7 Å². The highest BCUT2D eigenvalue weighted by Gasteiger charge is 2.26. The van der Waals surface area contributed by atoms with Crippen molar-refractivity contribution in [1.82, 2.24) is 0 Å². The number of hydrogen-bond donors (Lipinski definition) is 0. The second-order valence-electron chi connectivity index (χ2n) is 4.82. The summed E-state index contributed by atoms with van der Waals surface area (Å²) in [4.78, 5) is 0. The molecule has 82 valence electrons. The number of rotatable bonds is 3. The molecule has 0 aromatic rings. The zero-order valence-electron chi connectivity index (χ0n) is 9.59. The molecular formula is C12H22ClN. The van der Waals surface area contributed by atoms with Crippen LogP contribution < -0.4 is 12.4 Å². The Balaban J connectivity index is 0.00000169. The molecule has 0 N–H and O–H groups in total. The number of quaternary nitrogens is 1. The van der Waals surface area contributed by atoms with Crippen molar-refractivity contribution in [3.63, 3.8) is 0 Å². The molecule has 0 saturated heterocycles. The van der Waals surface area contributed by atoms with E-state index < -0.39 is 0 Å². The minimum Gasteiger partial charge on any atom is -1.00 e. The van der Waals surface area contributed by atoms with Crippen LogP contribution in [0, 0.1) is 0 Å². The Hall–Kier alpha value is -0.270. The van der Waals surface area contributed by atoms with E-state index in [1.54, 1.807) is 0 Å². The summed E-state index contributed by atoms with van der Waals surface area (Å²) in [6.07, 6.45) is 8.65. The third-order valence-corrected chi connectivity index (χ3v) is 2.80. The van der Waals surface area contributed by atoms with Crippen LogP contribution >= 0.6 is 0 Å². The van der Waals surface area contributed by atoms with Gasteiger partial charge in [-0.25, -0.2) is 0 Å². The van der Waals surface area contributed by atoms with Crippen LogP contribution in [-0.2, 0) is 0 Å². The van der Waals surface area contributed by atoms with Crippen LogP contribution in [0.3, 0.4) is 0 Å². The molecule has 14 heavy (non-hydrogen) atoms. The highest BCUT2D eigenvalue weighted by Crippen LogP contribution is 2.21. The van der Waals surface area contributed by atoms with Gasteiger partial charge in [0.15, 0.2) is 0 Å². The van der Waals surface area contributed by atoms with Gasteiger partial charge in [-0.15, -0.1) is 0 Å². The van der Waals surface area contributed by atoms with E-state index in [2.05, 4.69) is 39.8 Å². The third-order valence-electron chi connectivity index (χ3n) is 2.80. The normalized spacial score (nSPS) is 21.5. The van der Waals surface area contributed by atoms with Crippen molar-refractivity contribution < 1.29 is 16.9 Å². The Labute approximate surface area is 94.5 Å². The first kappa shape index (κ1) is 13.7. The van der Waals surface area contributed by atoms with Crippen LogP contribution in [0.5, 0.6) is 0 Å². The Morgan fingerprint density at radius 2 is 2.14 bits per heavy atom. The van der Waals surface area contributed by atoms with Crippen molar-refractivity contribution in [1.29, 1.82) is 0 Å². The average molecular weight is 216 g/mol. The molecular weight excluding hydrogens is 194 g/mol. The van der Waals surface area contributed by atoms with Gasteiger partial charge in [-0.2, -0.15) is 0 Å². The van der Waals surface area contributed by atoms with Gasteiger partial charge in [0, 0.05) is 6.42 Å². The maximum Gasteiger partial charge on any atom is 0.107 e. The smallest absolute Gasteiger partial charge is 0.107 e. The molecule has 1 rings (SSSR count). The Morgan fingerprint density at radius 3 is 2.57 bits per heavy atom. The summed E-state index contributed by atoms with van der Waals surface area (Å²) >= 11 is 0. The largest absolute Gasteiger partial charge is 1.00 e. The fourth-order valence-electron chi connectivity index (χ4n) is 2.19. The zero-order valence-corrected chi connectivity index (χ0v) is 10.3. The van der Waals surface area contributed by atoms with Crippen LogP contribution in [0.4, 0.5) is 0 Å². The van der Waals surface area contributed by atoms with Crippen molar-refractivity contribution >= 4 is 0 Å². The van der Waals surface area contributed by atoms with E-state index in [9.17, 15) is 0 Å². The lowest BCUT2D eigenvalue weighted by Gasteiger charge is -2.38. The standard InChI is InChI=1S/C12H22N.ClH/c1-11(2)10-13(3,4)12-8-6-5-7-9-12;/h6,8,12H,1,5,7,9-10H2,2-4H3;1H/q+1;/p-1. The van der Waals surface area contributed by atoms with E-state index in [1.165, 1.54) is 24.8 Å². The van der Waals surface area contributed by atoms with E-state index in [0.29, 0.717) is 6.04 Å². The monoisotopic (exact) mass is 215 g/mol. The lowest BCUT2D eigenvalue weighted by molar-refractivity contribution is -0.904. The van der Waals surface area contributed by atoms with Gasteiger partial charge in [0.2, 0.25) is 0 Å². The van der Waals surface area contributed by atoms with E-state index in [0.717, 1.165) is 11.0 Å². The van der Waals surface area contributed by atoms with Gasteiger partial charge in [0.1, 0.15) is 6.04 Å². The third kappa shape index (κ3) is 3.85. The molecule has 0 aromatic heterocycles. The molecule has 2 heteroatoms. The van der Waals surface area contributed by atoms with Crippen molar-refractivity contribution in [2.24, 2.45) is 0 Å². The minimum atomic E-state index is 0. The van der Waals surface area contributed by atoms with E-state index >= 15 is 0 Å². The summed E-state index contributed by atoms with van der Waals surface area (Å²) < 4.78 is 1.06. The van der Waals surface area contributed by atoms with Gasteiger partial charge in [0.05, 0.1) is 20.6 Å². The van der Waals surface area contributed by atoms with Gasteiger partial charge in [-0.3, -0.25) is 0 Å². The molecule has 1 aliphatic carbocycles. The van der Waals surface area contributed by atoms with Crippen LogP contribution in [0.25, 0.3) is 0 Å². The van der Waals surface area contributed by atoms with Gasteiger partial charge < -0.3 is 16.9 Å². The molecule has 0 aliphatic heterocycles. The summed E-state index contributed by atoms with van der Waals surface area (Å²) in [5.74, 6) is 0. The quantitative estimate of drug-likeness (QED) is 0.450. The van der Waals surface area contributed by atoms with E-state index in [-0.39, 0.29) is 12.4 Å². The van der Waals surface area contributed by atoms with Crippen LogP contribution in [0.15, 0.2) is 24.3 Å². The highest BCUT2D eigenvalue weighted by atomic mass is 35.5. The zero-order chi connectivity index (χ0) is 9.90. The molecule has 0 radical (unpaired) electrons. The van der Waals surface area contributed by atoms with Crippen molar-refractivity contribution in [2.45, 2.75) is 32.2 Å². The van der Waals surface area contributed by atoms with E-state index in [1.807, 2.05) is 0 Å². The molecule has 0 heterocycles. The fourth-order valence-corrected chi connectivity index (χ4v) is 2.19. The molecule has 1 aliphatic rings. The van der Waals surface area contributed by atoms with Gasteiger partial charge in [-0.05, 0) is 31.4 Å². The molecule has 0 amide bonds. The predicted octanol–water partition coefficient (Wildman–Crippen LogP) is -0.248. The summed E-state index contributed by atoms with van der Waals surface area (Å²) in [7, 11) is 4.60. The average Bonchev–Trinajstić information content (AvgIpc) is 2.04. The van der Waals surface area contributed by atoms with Crippen LogP contribution in [0.1, 0.15) is 26.2 Å². The van der Waals surface area contributed by atoms with Crippen LogP contribution in [0.2, 0.25) is 0 Å². The van der Waals surface area contributed by atoms with Crippen molar-refractivity contribution in [3.05, 3.63) is 24.3 Å². The maximum atomic E-state index is 4.00. The summed E-state index contributed by atoms with van der Waals surface area (Å²) in [5, 5.41) is 0. The van der Waals surface area contributed by atoms with Gasteiger partial charge >= 0.3 is 0 Å². The molecule has 1 nitrogen and oxygen atoms in total. The lowest BCUT2D eigenvalue weighted by atomic mass is 9.99.